The zero-order valence-electron chi connectivity index (χ0n) is 9.63. The third-order valence-electron chi connectivity index (χ3n) is 3.55. The molecule has 0 heterocycles. The van der Waals surface area contributed by atoms with Gasteiger partial charge in [0.05, 0.1) is 0 Å². The predicted molar refractivity (Wildman–Crippen MR) is 63.3 cm³/mol. The molecular weight excluding hydrogens is 216 g/mol. The van der Waals surface area contributed by atoms with E-state index in [1.165, 1.54) is 25.7 Å². The summed E-state index contributed by atoms with van der Waals surface area (Å²) in [6.07, 6.45) is 5.18. The normalized spacial score (nSPS) is 19.4. The van der Waals surface area contributed by atoms with Crippen LogP contribution in [0.5, 0.6) is 5.75 Å². The van der Waals surface area contributed by atoms with Gasteiger partial charge in [0.2, 0.25) is 0 Å². The van der Waals surface area contributed by atoms with Crippen LogP contribution in [0.2, 0.25) is 0 Å². The second-order valence-electron chi connectivity index (χ2n) is 5.06. The molecule has 0 spiro atoms. The Balaban J connectivity index is 1.80. The van der Waals surface area contributed by atoms with Crippen LogP contribution < -0.4 is 4.74 Å². The summed E-state index contributed by atoms with van der Waals surface area (Å²) in [5.41, 5.74) is 0.277. The van der Waals surface area contributed by atoms with Crippen molar-refractivity contribution >= 4 is 5.97 Å². The molecule has 0 bridgehead atoms. The summed E-state index contributed by atoms with van der Waals surface area (Å²) in [6.45, 7) is 0. The summed E-state index contributed by atoms with van der Waals surface area (Å²) in [5.74, 6) is 0.934. The van der Waals surface area contributed by atoms with Gasteiger partial charge < -0.3 is 9.84 Å². The molecule has 0 saturated heterocycles. The maximum absolute atomic E-state index is 11.1. The van der Waals surface area contributed by atoms with Crippen LogP contribution in [-0.2, 0) is 0 Å². The van der Waals surface area contributed by atoms with Crippen LogP contribution in [0.1, 0.15) is 36.0 Å². The monoisotopic (exact) mass is 232 g/mol. The van der Waals surface area contributed by atoms with Crippen molar-refractivity contribution in [3.8, 4) is 5.75 Å². The van der Waals surface area contributed by atoms with E-state index in [0.29, 0.717) is 17.6 Å². The lowest BCUT2D eigenvalue weighted by molar-refractivity contribution is 0.0685. The van der Waals surface area contributed by atoms with Gasteiger partial charge in [-0.1, -0.05) is 12.1 Å². The van der Waals surface area contributed by atoms with E-state index in [4.69, 9.17) is 9.84 Å². The van der Waals surface area contributed by atoms with Gasteiger partial charge >= 0.3 is 5.97 Å². The SMILES string of the molecule is O=C(O)c1ccccc1OC(C1CC1)C1CC1. The van der Waals surface area contributed by atoms with Gasteiger partial charge in [-0.15, -0.1) is 0 Å². The standard InChI is InChI=1S/C14H16O3/c15-14(16)11-3-1-2-4-12(11)17-13(9-5-6-9)10-7-8-10/h1-4,9-10,13H,5-8H2,(H,15,16). The van der Waals surface area contributed by atoms with E-state index < -0.39 is 5.97 Å². The van der Waals surface area contributed by atoms with Gasteiger partial charge in [0, 0.05) is 0 Å². The molecule has 0 radical (unpaired) electrons. The Hall–Kier alpha value is -1.51. The Morgan fingerprint density at radius 2 is 1.76 bits per heavy atom. The molecule has 0 aliphatic heterocycles. The van der Waals surface area contributed by atoms with E-state index in [0.717, 1.165) is 0 Å². The average Bonchev–Trinajstić information content (AvgIpc) is 3.16. The maximum atomic E-state index is 11.1. The van der Waals surface area contributed by atoms with Gasteiger partial charge in [0.1, 0.15) is 17.4 Å². The highest BCUT2D eigenvalue weighted by Gasteiger charge is 2.43. The van der Waals surface area contributed by atoms with E-state index in [9.17, 15) is 4.79 Å². The van der Waals surface area contributed by atoms with Crippen molar-refractivity contribution < 1.29 is 14.6 Å². The largest absolute Gasteiger partial charge is 0.489 e. The van der Waals surface area contributed by atoms with Crippen molar-refractivity contribution in [1.82, 2.24) is 0 Å². The first kappa shape index (κ1) is 10.6. The van der Waals surface area contributed by atoms with E-state index in [1.54, 1.807) is 18.2 Å². The van der Waals surface area contributed by atoms with E-state index in [-0.39, 0.29) is 11.7 Å². The molecule has 0 aromatic heterocycles. The number of ether oxygens (including phenoxy) is 1. The van der Waals surface area contributed by atoms with Crippen LogP contribution in [-0.4, -0.2) is 17.2 Å². The first-order valence-electron chi connectivity index (χ1n) is 6.24. The number of rotatable bonds is 5. The Bertz CT molecular complexity index is 421. The van der Waals surface area contributed by atoms with Crippen molar-refractivity contribution in [2.75, 3.05) is 0 Å². The number of hydrogen-bond acceptors (Lipinski definition) is 2. The molecule has 17 heavy (non-hydrogen) atoms. The first-order valence-corrected chi connectivity index (χ1v) is 6.24. The summed E-state index contributed by atoms with van der Waals surface area (Å²) < 4.78 is 5.97. The van der Waals surface area contributed by atoms with Crippen LogP contribution in [0.15, 0.2) is 24.3 Å². The summed E-state index contributed by atoms with van der Waals surface area (Å²) in [6, 6.07) is 6.94. The zero-order chi connectivity index (χ0) is 11.8. The van der Waals surface area contributed by atoms with Crippen LogP contribution in [0.4, 0.5) is 0 Å². The molecule has 2 saturated carbocycles. The average molecular weight is 232 g/mol. The lowest BCUT2D eigenvalue weighted by atomic mass is 10.1. The van der Waals surface area contributed by atoms with Crippen LogP contribution >= 0.6 is 0 Å². The van der Waals surface area contributed by atoms with Crippen molar-refractivity contribution in [2.24, 2.45) is 11.8 Å². The number of carbonyl (C=O) groups is 1. The lowest BCUT2D eigenvalue weighted by Crippen LogP contribution is -2.22. The first-order chi connectivity index (χ1) is 8.25. The third-order valence-corrected chi connectivity index (χ3v) is 3.55. The van der Waals surface area contributed by atoms with Gasteiger partial charge in [-0.05, 0) is 49.7 Å². The molecular formula is C14H16O3. The molecule has 1 N–H and O–H groups in total. The zero-order valence-corrected chi connectivity index (χ0v) is 9.63. The highest BCUT2D eigenvalue weighted by atomic mass is 16.5. The number of benzene rings is 1. The number of aromatic carboxylic acids is 1. The Labute approximate surface area is 100 Å². The molecule has 3 nitrogen and oxygen atoms in total. The minimum Gasteiger partial charge on any atom is -0.489 e. The minimum atomic E-state index is -0.911. The van der Waals surface area contributed by atoms with E-state index in [1.807, 2.05) is 6.07 Å². The molecule has 3 rings (SSSR count). The van der Waals surface area contributed by atoms with Crippen molar-refractivity contribution in [3.63, 3.8) is 0 Å². The summed E-state index contributed by atoms with van der Waals surface area (Å²) in [4.78, 5) is 11.1. The van der Waals surface area contributed by atoms with Crippen LogP contribution in [0.25, 0.3) is 0 Å². The summed E-state index contributed by atoms with van der Waals surface area (Å²) in [7, 11) is 0. The minimum absolute atomic E-state index is 0.246. The van der Waals surface area contributed by atoms with E-state index in [2.05, 4.69) is 0 Å². The van der Waals surface area contributed by atoms with Crippen molar-refractivity contribution in [1.29, 1.82) is 0 Å². The fourth-order valence-corrected chi connectivity index (χ4v) is 2.32. The highest BCUT2D eigenvalue weighted by Crippen LogP contribution is 2.46. The van der Waals surface area contributed by atoms with Gasteiger partial charge in [-0.2, -0.15) is 0 Å². The molecule has 1 aromatic carbocycles. The van der Waals surface area contributed by atoms with Gasteiger partial charge in [0.15, 0.2) is 0 Å². The molecule has 0 unspecified atom stereocenters. The maximum Gasteiger partial charge on any atom is 0.339 e. The molecule has 2 fully saturated rings. The number of carboxylic acid groups (broad SMARTS) is 1. The predicted octanol–water partition coefficient (Wildman–Crippen LogP) is 2.95. The third kappa shape index (κ3) is 2.28. The van der Waals surface area contributed by atoms with E-state index >= 15 is 0 Å². The Kier molecular flexibility index (Phi) is 2.54. The van der Waals surface area contributed by atoms with Gasteiger partial charge in [-0.3, -0.25) is 0 Å². The van der Waals surface area contributed by atoms with Crippen LogP contribution in [0.3, 0.4) is 0 Å². The number of carboxylic acids is 1. The topological polar surface area (TPSA) is 46.5 Å². The molecule has 3 heteroatoms. The molecule has 2 aliphatic carbocycles. The summed E-state index contributed by atoms with van der Waals surface area (Å²) >= 11 is 0. The smallest absolute Gasteiger partial charge is 0.339 e. The number of para-hydroxylation sites is 1. The molecule has 1 aromatic rings. The van der Waals surface area contributed by atoms with Crippen molar-refractivity contribution in [3.05, 3.63) is 29.8 Å². The second-order valence-corrected chi connectivity index (χ2v) is 5.06. The van der Waals surface area contributed by atoms with Gasteiger partial charge in [-0.25, -0.2) is 4.79 Å². The highest BCUT2D eigenvalue weighted by molar-refractivity contribution is 5.90. The lowest BCUT2D eigenvalue weighted by Gasteiger charge is -2.19. The molecule has 0 amide bonds. The fraction of sp³-hybridized carbons (Fsp3) is 0.500. The number of hydrogen-bond donors (Lipinski definition) is 1. The fourth-order valence-electron chi connectivity index (χ4n) is 2.32. The van der Waals surface area contributed by atoms with Crippen LogP contribution in [0, 0.1) is 11.8 Å². The summed E-state index contributed by atoms with van der Waals surface area (Å²) in [5, 5.41) is 9.11. The molecule has 90 valence electrons. The molecule has 2 aliphatic rings. The Morgan fingerprint density at radius 3 is 2.29 bits per heavy atom. The van der Waals surface area contributed by atoms with Crippen molar-refractivity contribution in [2.45, 2.75) is 31.8 Å². The van der Waals surface area contributed by atoms with Gasteiger partial charge in [0.25, 0.3) is 0 Å². The second kappa shape index (κ2) is 4.06. The quantitative estimate of drug-likeness (QED) is 0.849. The Morgan fingerprint density at radius 1 is 1.18 bits per heavy atom. The molecule has 0 atom stereocenters.